The Morgan fingerprint density at radius 3 is 2.20 bits per heavy atom. The fourth-order valence-corrected chi connectivity index (χ4v) is 3.30. The molecule has 2 aliphatic rings. The summed E-state index contributed by atoms with van der Waals surface area (Å²) in [6.45, 7) is 3.27. The molecule has 0 saturated carbocycles. The highest BCUT2D eigenvalue weighted by Crippen LogP contribution is 2.26. The number of piperazine rings is 1. The van der Waals surface area contributed by atoms with Gasteiger partial charge in [0.05, 0.1) is 18.8 Å². The second-order valence-corrected chi connectivity index (χ2v) is 5.68. The van der Waals surface area contributed by atoms with E-state index in [1.165, 1.54) is 0 Å². The molecule has 8 nitrogen and oxygen atoms in total. The van der Waals surface area contributed by atoms with Gasteiger partial charge in [0.15, 0.2) is 0 Å². The Labute approximate surface area is 166 Å². The molecule has 1 aromatic rings. The Hall–Kier alpha value is -0.450. The third-order valence-corrected chi connectivity index (χ3v) is 4.44. The maximum atomic E-state index is 10.4. The normalized spacial score (nSPS) is 29.3. The van der Waals surface area contributed by atoms with Gasteiger partial charge in [0.25, 0.3) is 0 Å². The fraction of sp³-hybridized carbons (Fsp3) is 0.714. The first kappa shape index (κ1) is 24.6. The van der Waals surface area contributed by atoms with E-state index in [9.17, 15) is 10.2 Å². The molecule has 3 rings (SSSR count). The first-order chi connectivity index (χ1) is 10.7. The molecule has 146 valence electrons. The highest BCUT2D eigenvalue weighted by atomic mass is 35.5. The predicted molar refractivity (Wildman–Crippen MR) is 102 cm³/mol. The Bertz CT molecular complexity index is 480. The molecule has 0 aromatic carbocycles. The third kappa shape index (κ3) is 5.27. The molecule has 2 aliphatic heterocycles. The Morgan fingerprint density at radius 1 is 1.08 bits per heavy atom. The number of rotatable bonds is 4. The van der Waals surface area contributed by atoms with Crippen LogP contribution in [-0.2, 0) is 4.74 Å². The molecule has 0 amide bonds. The quantitative estimate of drug-likeness (QED) is 0.590. The maximum absolute atomic E-state index is 10.4. The van der Waals surface area contributed by atoms with E-state index < -0.39 is 12.2 Å². The van der Waals surface area contributed by atoms with Crippen molar-refractivity contribution in [2.45, 2.75) is 24.4 Å². The van der Waals surface area contributed by atoms with Crippen LogP contribution in [0.2, 0.25) is 0 Å². The molecule has 4 atom stereocenters. The van der Waals surface area contributed by atoms with Crippen LogP contribution in [0.5, 0.6) is 0 Å². The number of aromatic nitrogens is 2. The van der Waals surface area contributed by atoms with Crippen LogP contribution in [0, 0.1) is 0 Å². The standard InChI is InChI=1S/C14H23N5O3.3ClH/c15-8-10-12(13(21)11(9-20)22-10)18-4-6-19(7-5-18)14-16-2-1-3-17-14;;;/h1-3,10-13,20-21H,4-9,15H2;3*1H/t10-,11+,12+,13-;;;/m1.../s1. The zero-order chi connectivity index (χ0) is 15.5. The zero-order valence-corrected chi connectivity index (χ0v) is 16.1. The number of halogens is 3. The Balaban J connectivity index is 0.00000192. The van der Waals surface area contributed by atoms with Gasteiger partial charge in [-0.3, -0.25) is 4.90 Å². The van der Waals surface area contributed by atoms with Gasteiger partial charge in [-0.1, -0.05) is 0 Å². The van der Waals surface area contributed by atoms with Crippen molar-refractivity contribution in [3.8, 4) is 0 Å². The molecule has 11 heteroatoms. The number of aliphatic hydroxyl groups is 2. The van der Waals surface area contributed by atoms with Crippen molar-refractivity contribution in [1.82, 2.24) is 14.9 Å². The maximum Gasteiger partial charge on any atom is 0.225 e. The first-order valence-electron chi connectivity index (χ1n) is 7.65. The van der Waals surface area contributed by atoms with Gasteiger partial charge in [0, 0.05) is 45.1 Å². The minimum atomic E-state index is -0.710. The third-order valence-electron chi connectivity index (χ3n) is 4.44. The van der Waals surface area contributed by atoms with Gasteiger partial charge < -0.3 is 25.6 Å². The number of ether oxygens (including phenoxy) is 1. The van der Waals surface area contributed by atoms with Crippen LogP contribution in [0.15, 0.2) is 18.5 Å². The first-order valence-corrected chi connectivity index (χ1v) is 7.65. The van der Waals surface area contributed by atoms with E-state index in [1.807, 2.05) is 0 Å². The van der Waals surface area contributed by atoms with Crippen molar-refractivity contribution in [1.29, 1.82) is 0 Å². The van der Waals surface area contributed by atoms with Gasteiger partial charge >= 0.3 is 0 Å². The second-order valence-electron chi connectivity index (χ2n) is 5.68. The van der Waals surface area contributed by atoms with Crippen LogP contribution in [0.25, 0.3) is 0 Å². The fourth-order valence-electron chi connectivity index (χ4n) is 3.30. The van der Waals surface area contributed by atoms with E-state index in [0.717, 1.165) is 32.1 Å². The zero-order valence-electron chi connectivity index (χ0n) is 13.7. The summed E-state index contributed by atoms with van der Waals surface area (Å²) < 4.78 is 5.64. The van der Waals surface area contributed by atoms with Crippen molar-refractivity contribution in [3.05, 3.63) is 18.5 Å². The molecule has 25 heavy (non-hydrogen) atoms. The van der Waals surface area contributed by atoms with Crippen LogP contribution in [0.3, 0.4) is 0 Å². The average Bonchev–Trinajstić information content (AvgIpc) is 2.91. The van der Waals surface area contributed by atoms with E-state index in [4.69, 9.17) is 10.5 Å². The summed E-state index contributed by atoms with van der Waals surface area (Å²) in [4.78, 5) is 12.8. The van der Waals surface area contributed by atoms with E-state index in [-0.39, 0.29) is 56.0 Å². The summed E-state index contributed by atoms with van der Waals surface area (Å²) >= 11 is 0. The summed E-state index contributed by atoms with van der Waals surface area (Å²) in [5.74, 6) is 0.731. The van der Waals surface area contributed by atoms with Crippen molar-refractivity contribution in [2.24, 2.45) is 5.73 Å². The highest BCUT2D eigenvalue weighted by Gasteiger charge is 2.46. The van der Waals surface area contributed by atoms with Gasteiger partial charge in [-0.05, 0) is 6.07 Å². The number of aliphatic hydroxyl groups excluding tert-OH is 2. The van der Waals surface area contributed by atoms with Crippen molar-refractivity contribution >= 4 is 43.2 Å². The van der Waals surface area contributed by atoms with Crippen LogP contribution in [-0.4, -0.2) is 88.8 Å². The van der Waals surface area contributed by atoms with Gasteiger partial charge in [0.2, 0.25) is 5.95 Å². The monoisotopic (exact) mass is 417 g/mol. The summed E-state index contributed by atoms with van der Waals surface area (Å²) in [5, 5.41) is 19.7. The van der Waals surface area contributed by atoms with Crippen LogP contribution < -0.4 is 10.6 Å². The molecular weight excluding hydrogens is 393 g/mol. The Morgan fingerprint density at radius 2 is 1.68 bits per heavy atom. The van der Waals surface area contributed by atoms with E-state index in [0.29, 0.717) is 6.54 Å². The van der Waals surface area contributed by atoms with E-state index in [2.05, 4.69) is 19.8 Å². The number of hydrogen-bond acceptors (Lipinski definition) is 8. The molecule has 2 saturated heterocycles. The minimum absolute atomic E-state index is 0. The summed E-state index contributed by atoms with van der Waals surface area (Å²) in [6.07, 6.45) is 1.97. The second kappa shape index (κ2) is 11.3. The van der Waals surface area contributed by atoms with Crippen LogP contribution >= 0.6 is 37.2 Å². The largest absolute Gasteiger partial charge is 0.394 e. The average molecular weight is 419 g/mol. The number of nitrogens with zero attached hydrogens (tertiary/aromatic N) is 4. The molecule has 0 spiro atoms. The van der Waals surface area contributed by atoms with Gasteiger partial charge in [0.1, 0.15) is 12.2 Å². The summed E-state index contributed by atoms with van der Waals surface area (Å²) in [5.41, 5.74) is 5.75. The smallest absolute Gasteiger partial charge is 0.225 e. The van der Waals surface area contributed by atoms with Gasteiger partial charge in [-0.15, -0.1) is 37.2 Å². The molecule has 4 N–H and O–H groups in total. The lowest BCUT2D eigenvalue weighted by atomic mass is 10.0. The van der Waals surface area contributed by atoms with Gasteiger partial charge in [-0.25, -0.2) is 9.97 Å². The number of nitrogens with two attached hydrogens (primary N) is 1. The van der Waals surface area contributed by atoms with Gasteiger partial charge in [-0.2, -0.15) is 0 Å². The SMILES string of the molecule is Cl.Cl.Cl.NC[C@H]1O[C@@H](CO)[C@@H](O)[C@H]1N1CCN(c2ncccn2)CC1. The number of anilines is 1. The summed E-state index contributed by atoms with van der Waals surface area (Å²) in [7, 11) is 0. The molecular formula is C14H26Cl3N5O3. The lowest BCUT2D eigenvalue weighted by Crippen LogP contribution is -2.57. The minimum Gasteiger partial charge on any atom is -0.394 e. The predicted octanol–water partition coefficient (Wildman–Crippen LogP) is -0.688. The highest BCUT2D eigenvalue weighted by molar-refractivity contribution is 5.86. The number of hydrogen-bond donors (Lipinski definition) is 3. The molecule has 0 bridgehead atoms. The molecule has 0 radical (unpaired) electrons. The summed E-state index contributed by atoms with van der Waals surface area (Å²) in [6, 6.07) is 1.63. The molecule has 2 fully saturated rings. The molecule has 3 heterocycles. The topological polar surface area (TPSA) is 108 Å². The molecule has 0 aliphatic carbocycles. The Kier molecular flexibility index (Phi) is 11.1. The van der Waals surface area contributed by atoms with Crippen molar-refractivity contribution < 1.29 is 14.9 Å². The lowest BCUT2D eigenvalue weighted by molar-refractivity contribution is -0.0193. The van der Waals surface area contributed by atoms with Crippen LogP contribution in [0.4, 0.5) is 5.95 Å². The lowest BCUT2D eigenvalue weighted by Gasteiger charge is -2.40. The van der Waals surface area contributed by atoms with E-state index in [1.54, 1.807) is 18.5 Å². The molecule has 1 aromatic heterocycles. The van der Waals surface area contributed by atoms with Crippen molar-refractivity contribution in [3.63, 3.8) is 0 Å². The van der Waals surface area contributed by atoms with Crippen LogP contribution in [0.1, 0.15) is 0 Å². The van der Waals surface area contributed by atoms with Crippen molar-refractivity contribution in [2.75, 3.05) is 44.2 Å². The van der Waals surface area contributed by atoms with E-state index >= 15 is 0 Å². The molecule has 0 unspecified atom stereocenters.